The number of carbonyl (C=O) groups is 1. The molecule has 4 rings (SSSR count). The second-order valence-corrected chi connectivity index (χ2v) is 9.51. The molecule has 34 heavy (non-hydrogen) atoms. The minimum absolute atomic E-state index is 0.0810. The van der Waals surface area contributed by atoms with Gasteiger partial charge in [-0.1, -0.05) is 41.9 Å². The fourth-order valence-corrected chi connectivity index (χ4v) is 4.15. The minimum Gasteiger partial charge on any atom is -0.426 e. The Morgan fingerprint density at radius 2 is 1.85 bits per heavy atom. The van der Waals surface area contributed by atoms with Gasteiger partial charge in [-0.15, -0.1) is 0 Å². The van der Waals surface area contributed by atoms with Gasteiger partial charge in [0.1, 0.15) is 5.75 Å². The van der Waals surface area contributed by atoms with Crippen LogP contribution in [0.1, 0.15) is 31.9 Å². The molecule has 2 aromatic heterocycles. The van der Waals surface area contributed by atoms with Gasteiger partial charge in [-0.25, -0.2) is 4.98 Å². The molecule has 2 aromatic carbocycles. The summed E-state index contributed by atoms with van der Waals surface area (Å²) in [5.41, 5.74) is 4.50. The predicted octanol–water partition coefficient (Wildman–Crippen LogP) is 5.50. The maximum atomic E-state index is 11.5. The Bertz CT molecular complexity index is 1330. The number of aromatic amines is 1. The van der Waals surface area contributed by atoms with E-state index < -0.39 is 5.54 Å². The Kier molecular flexibility index (Phi) is 6.59. The molecule has 0 unspecified atom stereocenters. The number of pyridine rings is 1. The fourth-order valence-electron chi connectivity index (χ4n) is 3.89. The quantitative estimate of drug-likeness (QED) is 0.367. The highest BCUT2D eigenvalue weighted by atomic mass is 35.5. The molecule has 2 N–H and O–H groups in total. The predicted molar refractivity (Wildman–Crippen MR) is 135 cm³/mol. The van der Waals surface area contributed by atoms with E-state index in [0.29, 0.717) is 33.6 Å². The van der Waals surface area contributed by atoms with Crippen LogP contribution in [0.4, 0.5) is 0 Å². The first-order valence-electron chi connectivity index (χ1n) is 11.0. The summed E-state index contributed by atoms with van der Waals surface area (Å²) >= 11 is 6.57. The SMILES string of the molecule is CC(=O)NC(C)(C)c1ccc(Oc2nc3nc(-c4cccc(CN(C)C)c4)c(Cl)cc3[nH]2)cc1. The van der Waals surface area contributed by atoms with Crippen LogP contribution in [0.25, 0.3) is 22.4 Å². The Hall–Kier alpha value is -3.42. The van der Waals surface area contributed by atoms with Gasteiger partial charge in [-0.05, 0) is 63.3 Å². The zero-order valence-corrected chi connectivity index (χ0v) is 20.7. The van der Waals surface area contributed by atoms with E-state index in [0.717, 1.165) is 17.7 Å². The second-order valence-electron chi connectivity index (χ2n) is 9.10. The van der Waals surface area contributed by atoms with Gasteiger partial charge in [0.05, 0.1) is 21.8 Å². The first-order chi connectivity index (χ1) is 16.1. The molecule has 0 atom stereocenters. The molecule has 0 aliphatic carbocycles. The lowest BCUT2D eigenvalue weighted by Gasteiger charge is -2.26. The number of benzene rings is 2. The lowest BCUT2D eigenvalue weighted by Crippen LogP contribution is -2.39. The average Bonchev–Trinajstić information content (AvgIpc) is 3.13. The number of hydrogen-bond donors (Lipinski definition) is 2. The van der Waals surface area contributed by atoms with Crippen molar-refractivity contribution >= 4 is 28.7 Å². The zero-order chi connectivity index (χ0) is 24.5. The number of amides is 1. The highest BCUT2D eigenvalue weighted by Gasteiger charge is 2.21. The summed E-state index contributed by atoms with van der Waals surface area (Å²) in [6, 6.07) is 17.8. The number of carbonyl (C=O) groups excluding carboxylic acids is 1. The molecular weight excluding hydrogens is 450 g/mol. The van der Waals surface area contributed by atoms with Crippen molar-refractivity contribution in [1.82, 2.24) is 25.2 Å². The van der Waals surface area contributed by atoms with Crippen molar-refractivity contribution in [2.24, 2.45) is 0 Å². The van der Waals surface area contributed by atoms with Crippen molar-refractivity contribution in [3.63, 3.8) is 0 Å². The van der Waals surface area contributed by atoms with Gasteiger partial charge in [0, 0.05) is 19.0 Å². The number of halogens is 1. The minimum atomic E-state index is -0.482. The molecule has 0 aliphatic rings. The summed E-state index contributed by atoms with van der Waals surface area (Å²) in [5, 5.41) is 3.47. The van der Waals surface area contributed by atoms with Crippen LogP contribution in [0, 0.1) is 0 Å². The lowest BCUT2D eigenvalue weighted by atomic mass is 9.94. The van der Waals surface area contributed by atoms with Crippen LogP contribution in [0.3, 0.4) is 0 Å². The number of nitrogens with one attached hydrogen (secondary N) is 2. The van der Waals surface area contributed by atoms with Gasteiger partial charge in [-0.2, -0.15) is 4.98 Å². The van der Waals surface area contributed by atoms with Crippen LogP contribution >= 0.6 is 11.6 Å². The summed E-state index contributed by atoms with van der Waals surface area (Å²) < 4.78 is 5.92. The highest BCUT2D eigenvalue weighted by Crippen LogP contribution is 2.31. The molecule has 8 heteroatoms. The molecular formula is C26H28ClN5O2. The lowest BCUT2D eigenvalue weighted by molar-refractivity contribution is -0.120. The van der Waals surface area contributed by atoms with Gasteiger partial charge in [0.2, 0.25) is 5.91 Å². The van der Waals surface area contributed by atoms with Crippen LogP contribution in [-0.2, 0) is 16.9 Å². The summed E-state index contributed by atoms with van der Waals surface area (Å²) in [4.78, 5) is 25.9. The smallest absolute Gasteiger partial charge is 0.301 e. The first kappa shape index (κ1) is 23.7. The third-order valence-electron chi connectivity index (χ3n) is 5.38. The van der Waals surface area contributed by atoms with Gasteiger partial charge >= 0.3 is 6.01 Å². The van der Waals surface area contributed by atoms with E-state index in [9.17, 15) is 4.79 Å². The van der Waals surface area contributed by atoms with Crippen molar-refractivity contribution in [2.45, 2.75) is 32.9 Å². The van der Waals surface area contributed by atoms with E-state index in [2.05, 4.69) is 32.3 Å². The molecule has 0 aliphatic heterocycles. The zero-order valence-electron chi connectivity index (χ0n) is 19.9. The number of imidazole rings is 1. The van der Waals surface area contributed by atoms with E-state index >= 15 is 0 Å². The molecule has 0 spiro atoms. The van der Waals surface area contributed by atoms with Crippen LogP contribution in [0.15, 0.2) is 54.6 Å². The summed E-state index contributed by atoms with van der Waals surface area (Å²) in [6.45, 7) is 6.24. The summed E-state index contributed by atoms with van der Waals surface area (Å²) in [5.74, 6) is 0.534. The Labute approximate surface area is 204 Å². The van der Waals surface area contributed by atoms with Gasteiger partial charge in [0.25, 0.3) is 0 Å². The van der Waals surface area contributed by atoms with Gasteiger partial charge < -0.3 is 19.9 Å². The van der Waals surface area contributed by atoms with Crippen molar-refractivity contribution in [3.05, 3.63) is 70.7 Å². The number of hydrogen-bond acceptors (Lipinski definition) is 5. The third-order valence-corrected chi connectivity index (χ3v) is 5.67. The molecule has 1 amide bonds. The number of aromatic nitrogens is 3. The van der Waals surface area contributed by atoms with Crippen LogP contribution in [0.2, 0.25) is 5.02 Å². The first-order valence-corrected chi connectivity index (χ1v) is 11.4. The van der Waals surface area contributed by atoms with E-state index in [1.54, 1.807) is 0 Å². The Morgan fingerprint density at radius 1 is 1.12 bits per heavy atom. The highest BCUT2D eigenvalue weighted by molar-refractivity contribution is 6.33. The van der Waals surface area contributed by atoms with Crippen LogP contribution < -0.4 is 10.1 Å². The Morgan fingerprint density at radius 3 is 2.53 bits per heavy atom. The molecule has 7 nitrogen and oxygen atoms in total. The number of ether oxygens (including phenoxy) is 1. The topological polar surface area (TPSA) is 83.1 Å². The van der Waals surface area contributed by atoms with Crippen molar-refractivity contribution in [1.29, 1.82) is 0 Å². The third kappa shape index (κ3) is 5.38. The molecule has 0 saturated carbocycles. The Balaban J connectivity index is 1.57. The number of H-pyrrole nitrogens is 1. The monoisotopic (exact) mass is 477 g/mol. The molecule has 4 aromatic rings. The van der Waals surface area contributed by atoms with E-state index in [1.165, 1.54) is 12.5 Å². The van der Waals surface area contributed by atoms with Crippen molar-refractivity contribution in [2.75, 3.05) is 14.1 Å². The molecule has 176 valence electrons. The molecule has 0 saturated heterocycles. The molecule has 0 fully saturated rings. The normalized spacial score (nSPS) is 11.7. The summed E-state index contributed by atoms with van der Waals surface area (Å²) in [7, 11) is 4.07. The second kappa shape index (κ2) is 9.44. The maximum Gasteiger partial charge on any atom is 0.301 e. The van der Waals surface area contributed by atoms with E-state index in [1.807, 2.05) is 70.4 Å². The maximum absolute atomic E-state index is 11.5. The number of rotatable bonds is 7. The van der Waals surface area contributed by atoms with Gasteiger partial charge in [-0.3, -0.25) is 4.79 Å². The largest absolute Gasteiger partial charge is 0.426 e. The van der Waals surface area contributed by atoms with Crippen LogP contribution in [-0.4, -0.2) is 39.9 Å². The van der Waals surface area contributed by atoms with Gasteiger partial charge in [0.15, 0.2) is 5.65 Å². The van der Waals surface area contributed by atoms with Crippen LogP contribution in [0.5, 0.6) is 11.8 Å². The molecule has 2 heterocycles. The molecule has 0 radical (unpaired) electrons. The standard InChI is InChI=1S/C26H28ClN5O2/c1-16(33)31-26(2,3)19-9-11-20(12-10-19)34-25-28-22-14-21(27)23(29-24(22)30-25)18-8-6-7-17(13-18)15-32(4)5/h6-14H,15H2,1-5H3,(H,31,33)(H,28,29,30). The summed E-state index contributed by atoms with van der Waals surface area (Å²) in [6.07, 6.45) is 0. The van der Waals surface area contributed by atoms with Crippen molar-refractivity contribution < 1.29 is 9.53 Å². The van der Waals surface area contributed by atoms with E-state index in [-0.39, 0.29) is 5.91 Å². The number of nitrogens with zero attached hydrogens (tertiary/aromatic N) is 3. The van der Waals surface area contributed by atoms with Crippen molar-refractivity contribution in [3.8, 4) is 23.0 Å². The van der Waals surface area contributed by atoms with E-state index in [4.69, 9.17) is 21.3 Å². The number of fused-ring (bicyclic) bond motifs is 1. The molecule has 0 bridgehead atoms. The average molecular weight is 478 g/mol. The fraction of sp³-hybridized carbons (Fsp3) is 0.269.